The standard InChI is InChI=1S/C21H23F2N3O5/c1-11-10-16(12(2)26(11)14-4-6-15(7-5-14)31-21(22)23)19(28)13(3)30-20(29)17-8-9-18(27)25-24-17/h4-7,10,13,17,21,24H,8-9H2,1-3H3,(H,25,27). The van der Waals surface area contributed by atoms with Crippen LogP contribution in [-0.4, -0.2) is 41.0 Å². The van der Waals surface area contributed by atoms with Gasteiger partial charge in [0.05, 0.1) is 0 Å². The number of halogens is 2. The lowest BCUT2D eigenvalue weighted by Crippen LogP contribution is -2.53. The van der Waals surface area contributed by atoms with Crippen LogP contribution in [0.1, 0.15) is 41.5 Å². The van der Waals surface area contributed by atoms with Crippen molar-refractivity contribution in [2.24, 2.45) is 0 Å². The van der Waals surface area contributed by atoms with Crippen molar-refractivity contribution in [3.63, 3.8) is 0 Å². The fraction of sp³-hybridized carbons (Fsp3) is 0.381. The fourth-order valence-corrected chi connectivity index (χ4v) is 3.47. The quantitative estimate of drug-likeness (QED) is 0.513. The maximum absolute atomic E-state index is 12.9. The fourth-order valence-electron chi connectivity index (χ4n) is 3.47. The van der Waals surface area contributed by atoms with Crippen LogP contribution in [0.4, 0.5) is 8.78 Å². The smallest absolute Gasteiger partial charge is 0.387 e. The number of esters is 1. The molecule has 1 fully saturated rings. The Hall–Kier alpha value is -3.27. The van der Waals surface area contributed by atoms with Gasteiger partial charge in [-0.15, -0.1) is 0 Å². The number of Topliss-reactive ketones (excluding diaryl/α,β-unsaturated/α-hetero) is 1. The summed E-state index contributed by atoms with van der Waals surface area (Å²) in [7, 11) is 0. The topological polar surface area (TPSA) is 98.7 Å². The Kier molecular flexibility index (Phi) is 6.69. The van der Waals surface area contributed by atoms with E-state index in [0.717, 1.165) is 5.69 Å². The molecular weight excluding hydrogens is 412 g/mol. The minimum Gasteiger partial charge on any atom is -0.453 e. The maximum atomic E-state index is 12.9. The van der Waals surface area contributed by atoms with Gasteiger partial charge >= 0.3 is 12.6 Å². The Balaban J connectivity index is 1.73. The number of amides is 1. The van der Waals surface area contributed by atoms with Crippen molar-refractivity contribution in [2.75, 3.05) is 0 Å². The second-order valence-corrected chi connectivity index (χ2v) is 7.22. The number of carbonyl (C=O) groups excluding carboxylic acids is 3. The molecule has 8 nitrogen and oxygen atoms in total. The van der Waals surface area contributed by atoms with Crippen LogP contribution < -0.4 is 15.6 Å². The van der Waals surface area contributed by atoms with Crippen LogP contribution in [0.3, 0.4) is 0 Å². The van der Waals surface area contributed by atoms with Crippen molar-refractivity contribution in [3.05, 3.63) is 47.3 Å². The monoisotopic (exact) mass is 435 g/mol. The van der Waals surface area contributed by atoms with Gasteiger partial charge in [-0.3, -0.25) is 19.8 Å². The van der Waals surface area contributed by atoms with E-state index in [1.807, 2.05) is 0 Å². The maximum Gasteiger partial charge on any atom is 0.387 e. The average molecular weight is 435 g/mol. The highest BCUT2D eigenvalue weighted by molar-refractivity contribution is 6.01. The Labute approximate surface area is 177 Å². The van der Waals surface area contributed by atoms with Crippen LogP contribution in [0, 0.1) is 13.8 Å². The predicted octanol–water partition coefficient (Wildman–Crippen LogP) is 2.59. The van der Waals surface area contributed by atoms with E-state index in [4.69, 9.17) is 4.74 Å². The molecule has 0 radical (unpaired) electrons. The second-order valence-electron chi connectivity index (χ2n) is 7.22. The first kappa shape index (κ1) is 22.4. The molecule has 1 aromatic carbocycles. The van der Waals surface area contributed by atoms with E-state index in [9.17, 15) is 23.2 Å². The van der Waals surface area contributed by atoms with Crippen LogP contribution in [0.25, 0.3) is 5.69 Å². The third kappa shape index (κ3) is 5.08. The van der Waals surface area contributed by atoms with Gasteiger partial charge in [0.15, 0.2) is 6.10 Å². The normalized spacial score (nSPS) is 17.2. The molecule has 0 spiro atoms. The number of aryl methyl sites for hydroxylation is 1. The summed E-state index contributed by atoms with van der Waals surface area (Å²) in [5.41, 5.74) is 7.36. The molecule has 3 rings (SSSR count). The van der Waals surface area contributed by atoms with Gasteiger partial charge in [-0.2, -0.15) is 8.78 Å². The summed E-state index contributed by atoms with van der Waals surface area (Å²) in [6, 6.07) is 7.03. The van der Waals surface area contributed by atoms with Crippen LogP contribution in [0.15, 0.2) is 30.3 Å². The summed E-state index contributed by atoms with van der Waals surface area (Å²) < 4.78 is 36.1. The molecule has 0 saturated carbocycles. The molecule has 1 aromatic heterocycles. The third-order valence-corrected chi connectivity index (χ3v) is 5.01. The Morgan fingerprint density at radius 3 is 2.45 bits per heavy atom. The Morgan fingerprint density at radius 2 is 1.87 bits per heavy atom. The van der Waals surface area contributed by atoms with E-state index in [0.29, 0.717) is 16.9 Å². The summed E-state index contributed by atoms with van der Waals surface area (Å²) in [6.45, 7) is 2.13. The minimum atomic E-state index is -2.91. The van der Waals surface area contributed by atoms with Crippen LogP contribution in [0.5, 0.6) is 5.75 Å². The van der Waals surface area contributed by atoms with Crippen LogP contribution in [0.2, 0.25) is 0 Å². The summed E-state index contributed by atoms with van der Waals surface area (Å²) in [5.74, 6) is -1.17. The number of ketones is 1. The van der Waals surface area contributed by atoms with Crippen molar-refractivity contribution in [1.29, 1.82) is 0 Å². The molecule has 2 aromatic rings. The minimum absolute atomic E-state index is 0.0329. The highest BCUT2D eigenvalue weighted by atomic mass is 19.3. The number of ether oxygens (including phenoxy) is 2. The van der Waals surface area contributed by atoms with E-state index in [1.54, 1.807) is 36.6 Å². The number of benzene rings is 1. The number of carbonyl (C=O) groups is 3. The van der Waals surface area contributed by atoms with E-state index < -0.39 is 24.7 Å². The molecule has 10 heteroatoms. The second kappa shape index (κ2) is 9.25. The van der Waals surface area contributed by atoms with Crippen molar-refractivity contribution in [3.8, 4) is 11.4 Å². The largest absolute Gasteiger partial charge is 0.453 e. The lowest BCUT2D eigenvalue weighted by atomic mass is 10.1. The number of hydrazine groups is 1. The molecule has 1 aliphatic rings. The molecule has 2 unspecified atom stereocenters. The molecule has 1 amide bonds. The van der Waals surface area contributed by atoms with Gasteiger partial charge in [0.1, 0.15) is 11.8 Å². The van der Waals surface area contributed by atoms with Gasteiger partial charge in [-0.1, -0.05) is 0 Å². The lowest BCUT2D eigenvalue weighted by molar-refractivity contribution is -0.150. The SMILES string of the molecule is Cc1cc(C(=O)C(C)OC(=O)C2CCC(=O)NN2)c(C)n1-c1ccc(OC(F)F)cc1. The van der Waals surface area contributed by atoms with Crippen molar-refractivity contribution in [1.82, 2.24) is 15.4 Å². The Morgan fingerprint density at radius 1 is 1.19 bits per heavy atom. The number of nitrogens with one attached hydrogen (secondary N) is 2. The first-order chi connectivity index (χ1) is 14.7. The Bertz CT molecular complexity index is 978. The molecular formula is C21H23F2N3O5. The first-order valence-corrected chi connectivity index (χ1v) is 9.70. The molecule has 31 heavy (non-hydrogen) atoms. The van der Waals surface area contributed by atoms with Gasteiger partial charge in [0.2, 0.25) is 11.7 Å². The van der Waals surface area contributed by atoms with Crippen LogP contribution >= 0.6 is 0 Å². The number of hydrogen-bond acceptors (Lipinski definition) is 6. The van der Waals surface area contributed by atoms with Gasteiger partial charge in [-0.25, -0.2) is 5.43 Å². The van der Waals surface area contributed by atoms with Crippen molar-refractivity contribution >= 4 is 17.7 Å². The van der Waals surface area contributed by atoms with E-state index in [1.165, 1.54) is 19.1 Å². The number of hydrogen-bond donors (Lipinski definition) is 2. The zero-order valence-corrected chi connectivity index (χ0v) is 17.3. The summed E-state index contributed by atoms with van der Waals surface area (Å²) >= 11 is 0. The molecule has 0 aliphatic carbocycles. The zero-order valence-electron chi connectivity index (χ0n) is 17.3. The summed E-state index contributed by atoms with van der Waals surface area (Å²) in [4.78, 5) is 36.4. The van der Waals surface area contributed by atoms with Crippen LogP contribution in [-0.2, 0) is 14.3 Å². The summed E-state index contributed by atoms with van der Waals surface area (Å²) in [5, 5.41) is 0. The molecule has 2 atom stereocenters. The molecule has 166 valence electrons. The van der Waals surface area contributed by atoms with E-state index >= 15 is 0 Å². The predicted molar refractivity (Wildman–Crippen MR) is 106 cm³/mol. The van der Waals surface area contributed by atoms with Crippen molar-refractivity contribution < 1.29 is 32.6 Å². The van der Waals surface area contributed by atoms with Gasteiger partial charge < -0.3 is 14.0 Å². The number of nitrogens with zero attached hydrogens (tertiary/aromatic N) is 1. The van der Waals surface area contributed by atoms with E-state index in [2.05, 4.69) is 15.6 Å². The van der Waals surface area contributed by atoms with Gasteiger partial charge in [0.25, 0.3) is 0 Å². The highest BCUT2D eigenvalue weighted by Gasteiger charge is 2.30. The molecule has 1 saturated heterocycles. The van der Waals surface area contributed by atoms with E-state index in [-0.39, 0.29) is 30.3 Å². The average Bonchev–Trinajstić information content (AvgIpc) is 3.02. The molecule has 2 N–H and O–H groups in total. The number of aromatic nitrogens is 1. The number of alkyl halides is 2. The van der Waals surface area contributed by atoms with Crippen molar-refractivity contribution in [2.45, 2.75) is 52.4 Å². The van der Waals surface area contributed by atoms with Gasteiger partial charge in [0, 0.05) is 29.1 Å². The lowest BCUT2D eigenvalue weighted by Gasteiger charge is -2.23. The highest BCUT2D eigenvalue weighted by Crippen LogP contribution is 2.25. The summed E-state index contributed by atoms with van der Waals surface area (Å²) in [6.07, 6.45) is -0.550. The zero-order chi connectivity index (χ0) is 22.7. The molecule has 2 heterocycles. The van der Waals surface area contributed by atoms with Gasteiger partial charge in [-0.05, 0) is 57.5 Å². The first-order valence-electron chi connectivity index (χ1n) is 9.70. The third-order valence-electron chi connectivity index (χ3n) is 5.01. The molecule has 0 bridgehead atoms. The molecule has 1 aliphatic heterocycles. The number of rotatable bonds is 7.